The molecule has 0 unspecified atom stereocenters. The van der Waals surface area contributed by atoms with E-state index in [-0.39, 0.29) is 35.7 Å². The van der Waals surface area contributed by atoms with Gasteiger partial charge >= 0.3 is 6.09 Å². The Bertz CT molecular complexity index is 392. The van der Waals surface area contributed by atoms with Crippen molar-refractivity contribution >= 4 is 12.0 Å². The van der Waals surface area contributed by atoms with Crippen molar-refractivity contribution in [2.24, 2.45) is 0 Å². The highest BCUT2D eigenvalue weighted by Crippen LogP contribution is 2.40. The second-order valence-electron chi connectivity index (χ2n) is 5.76. The van der Waals surface area contributed by atoms with Crippen LogP contribution in [0.1, 0.15) is 25.7 Å². The first-order chi connectivity index (χ1) is 8.51. The third kappa shape index (κ3) is 1.75. The van der Waals surface area contributed by atoms with Crippen molar-refractivity contribution in [2.75, 3.05) is 14.1 Å². The summed E-state index contributed by atoms with van der Waals surface area (Å²) in [5.41, 5.74) is -0.325. The van der Waals surface area contributed by atoms with Crippen molar-refractivity contribution in [3.8, 4) is 0 Å². The van der Waals surface area contributed by atoms with E-state index in [1.54, 1.807) is 0 Å². The van der Waals surface area contributed by atoms with Gasteiger partial charge < -0.3 is 15.4 Å². The lowest BCUT2D eigenvalue weighted by Crippen LogP contribution is -2.51. The Morgan fingerprint density at radius 1 is 1.44 bits per heavy atom. The summed E-state index contributed by atoms with van der Waals surface area (Å²) in [4.78, 5) is 25.5. The number of likely N-dealkylation sites (N-methyl/N-ethyl adjacent to an activating group) is 1. The van der Waals surface area contributed by atoms with Crippen molar-refractivity contribution in [1.82, 2.24) is 15.5 Å². The highest BCUT2D eigenvalue weighted by Gasteiger charge is 2.53. The van der Waals surface area contributed by atoms with Gasteiger partial charge in [-0.25, -0.2) is 4.79 Å². The Hall–Kier alpha value is -1.30. The maximum atomic E-state index is 12.3. The maximum absolute atomic E-state index is 12.3. The lowest BCUT2D eigenvalue weighted by molar-refractivity contribution is -0.128. The molecule has 100 valence electrons. The second kappa shape index (κ2) is 3.85. The van der Waals surface area contributed by atoms with Crippen LogP contribution in [0, 0.1) is 0 Å². The van der Waals surface area contributed by atoms with Gasteiger partial charge in [-0.3, -0.25) is 9.69 Å². The van der Waals surface area contributed by atoms with Gasteiger partial charge in [0.25, 0.3) is 0 Å². The van der Waals surface area contributed by atoms with Crippen LogP contribution in [0.4, 0.5) is 4.79 Å². The molecule has 0 aromatic rings. The quantitative estimate of drug-likeness (QED) is 0.733. The first kappa shape index (κ1) is 11.8. The fraction of sp³-hybridized carbons (Fsp3) is 0.833. The summed E-state index contributed by atoms with van der Waals surface area (Å²) in [5, 5.41) is 5.82. The molecule has 2 amide bonds. The summed E-state index contributed by atoms with van der Waals surface area (Å²) in [6.45, 7) is 0. The summed E-state index contributed by atoms with van der Waals surface area (Å²) in [7, 11) is 3.86. The van der Waals surface area contributed by atoms with Gasteiger partial charge in [-0.15, -0.1) is 0 Å². The van der Waals surface area contributed by atoms with E-state index >= 15 is 0 Å². The fourth-order valence-corrected chi connectivity index (χ4v) is 3.04. The minimum atomic E-state index is -0.359. The van der Waals surface area contributed by atoms with Crippen molar-refractivity contribution in [3.05, 3.63) is 0 Å². The number of nitrogens with one attached hydrogen (secondary N) is 2. The molecule has 3 atom stereocenters. The summed E-state index contributed by atoms with van der Waals surface area (Å²) < 4.78 is 5.21. The molecule has 18 heavy (non-hydrogen) atoms. The van der Waals surface area contributed by atoms with Crippen molar-refractivity contribution < 1.29 is 14.3 Å². The van der Waals surface area contributed by atoms with Gasteiger partial charge in [-0.05, 0) is 33.4 Å². The maximum Gasteiger partial charge on any atom is 0.407 e. The highest BCUT2D eigenvalue weighted by molar-refractivity contribution is 5.89. The zero-order valence-corrected chi connectivity index (χ0v) is 10.7. The van der Waals surface area contributed by atoms with Crippen LogP contribution < -0.4 is 10.6 Å². The summed E-state index contributed by atoms with van der Waals surface area (Å²) >= 11 is 0. The number of hydrogen-bond acceptors (Lipinski definition) is 4. The van der Waals surface area contributed by atoms with E-state index in [0.717, 1.165) is 25.7 Å². The average molecular weight is 253 g/mol. The molecule has 1 aliphatic heterocycles. The molecule has 6 heteroatoms. The molecule has 3 aliphatic rings. The van der Waals surface area contributed by atoms with Crippen LogP contribution in [-0.2, 0) is 9.53 Å². The highest BCUT2D eigenvalue weighted by atomic mass is 16.6. The topological polar surface area (TPSA) is 70.7 Å². The zero-order chi connectivity index (χ0) is 12.9. The smallest absolute Gasteiger partial charge is 0.407 e. The molecule has 1 heterocycles. The molecule has 0 radical (unpaired) electrons. The average Bonchev–Trinajstić information content (AvgIpc) is 3.03. The van der Waals surface area contributed by atoms with Crippen molar-refractivity contribution in [2.45, 2.75) is 49.4 Å². The third-order valence-electron chi connectivity index (χ3n) is 4.40. The van der Waals surface area contributed by atoms with Crippen molar-refractivity contribution in [1.29, 1.82) is 0 Å². The Labute approximate surface area is 106 Å². The Balaban J connectivity index is 1.64. The standard InChI is InChI=1S/C12H19N3O3/c1-15(2)12(3-4-12)10(16)14-8-5-7-6-9(8)18-11(17)13-7/h7-9H,3-6H2,1-2H3,(H,13,17)(H,14,16)/t7-,8-,9-/m1/s1. The predicted molar refractivity (Wildman–Crippen MR) is 64.0 cm³/mol. The van der Waals surface area contributed by atoms with E-state index in [1.807, 2.05) is 19.0 Å². The number of ether oxygens (including phenoxy) is 1. The van der Waals surface area contributed by atoms with Gasteiger partial charge in [0, 0.05) is 12.5 Å². The number of alkyl carbamates (subject to hydrolysis) is 1. The number of carbonyl (C=O) groups excluding carboxylic acids is 2. The molecule has 3 fully saturated rings. The number of rotatable bonds is 3. The molecule has 1 saturated heterocycles. The second-order valence-corrected chi connectivity index (χ2v) is 5.76. The molecule has 2 saturated carbocycles. The van der Waals surface area contributed by atoms with Gasteiger partial charge in [-0.1, -0.05) is 0 Å². The summed E-state index contributed by atoms with van der Waals surface area (Å²) in [6, 6.07) is 0.106. The normalized spacial score (nSPS) is 35.9. The Morgan fingerprint density at radius 2 is 2.17 bits per heavy atom. The third-order valence-corrected chi connectivity index (χ3v) is 4.40. The van der Waals surface area contributed by atoms with Crippen LogP contribution in [0.2, 0.25) is 0 Å². The Kier molecular flexibility index (Phi) is 2.52. The molecule has 3 rings (SSSR count). The van der Waals surface area contributed by atoms with Crippen LogP contribution in [0.15, 0.2) is 0 Å². The minimum absolute atomic E-state index is 0.0427. The fourth-order valence-electron chi connectivity index (χ4n) is 3.04. The molecule has 2 N–H and O–H groups in total. The first-order valence-electron chi connectivity index (χ1n) is 6.47. The van der Waals surface area contributed by atoms with Crippen molar-refractivity contribution in [3.63, 3.8) is 0 Å². The summed E-state index contributed by atoms with van der Waals surface area (Å²) in [5.74, 6) is 0.0705. The van der Waals surface area contributed by atoms with E-state index in [1.165, 1.54) is 0 Å². The molecule has 2 bridgehead atoms. The van der Waals surface area contributed by atoms with Crippen LogP contribution in [0.3, 0.4) is 0 Å². The largest absolute Gasteiger partial charge is 0.444 e. The number of fused-ring (bicyclic) bond motifs is 2. The zero-order valence-electron chi connectivity index (χ0n) is 10.7. The monoisotopic (exact) mass is 253 g/mol. The minimum Gasteiger partial charge on any atom is -0.444 e. The number of amides is 2. The molecule has 6 nitrogen and oxygen atoms in total. The lowest BCUT2D eigenvalue weighted by atomic mass is 10.1. The molecule has 0 spiro atoms. The van der Waals surface area contributed by atoms with Crippen LogP contribution in [0.25, 0.3) is 0 Å². The number of nitrogens with zero attached hydrogens (tertiary/aromatic N) is 1. The molecule has 0 aromatic carbocycles. The first-order valence-corrected chi connectivity index (χ1v) is 6.47. The van der Waals surface area contributed by atoms with E-state index in [2.05, 4.69) is 10.6 Å². The van der Waals surface area contributed by atoms with Crippen LogP contribution in [0.5, 0.6) is 0 Å². The molecule has 0 aromatic heterocycles. The van der Waals surface area contributed by atoms with Gasteiger partial charge in [-0.2, -0.15) is 0 Å². The van der Waals surface area contributed by atoms with E-state index < -0.39 is 0 Å². The van der Waals surface area contributed by atoms with Gasteiger partial charge in [0.15, 0.2) is 0 Å². The van der Waals surface area contributed by atoms with E-state index in [4.69, 9.17) is 4.74 Å². The van der Waals surface area contributed by atoms with Crippen LogP contribution in [-0.4, -0.2) is 54.7 Å². The Morgan fingerprint density at radius 3 is 2.78 bits per heavy atom. The lowest BCUT2D eigenvalue weighted by Gasteiger charge is -2.27. The van der Waals surface area contributed by atoms with Gasteiger partial charge in [0.1, 0.15) is 6.10 Å². The van der Waals surface area contributed by atoms with Crippen LogP contribution >= 0.6 is 0 Å². The SMILES string of the molecule is CN(C)C1(C(=O)N[C@@H]2C[C@@H]3C[C@H]2OC(=O)N3)CC1. The molecular formula is C12H19N3O3. The summed E-state index contributed by atoms with van der Waals surface area (Å²) in [6.07, 6.45) is 2.86. The molecule has 2 aliphatic carbocycles. The molecular weight excluding hydrogens is 234 g/mol. The van der Waals surface area contributed by atoms with Gasteiger partial charge in [0.05, 0.1) is 11.6 Å². The van der Waals surface area contributed by atoms with Gasteiger partial charge in [0.2, 0.25) is 5.91 Å². The van der Waals surface area contributed by atoms with E-state index in [0.29, 0.717) is 0 Å². The van der Waals surface area contributed by atoms with E-state index in [9.17, 15) is 9.59 Å². The number of hydrogen-bond donors (Lipinski definition) is 2. The predicted octanol–water partition coefficient (Wildman–Crippen LogP) is -0.164. The number of carbonyl (C=O) groups is 2.